The van der Waals surface area contributed by atoms with Gasteiger partial charge in [0, 0.05) is 44.0 Å². The number of carbonyl (C=O) groups is 4. The molecule has 1 aromatic rings. The van der Waals surface area contributed by atoms with Crippen LogP contribution in [0.2, 0.25) is 0 Å². The number of carboxylic acids is 1. The van der Waals surface area contributed by atoms with Gasteiger partial charge < -0.3 is 36.6 Å². The Balaban J connectivity index is 1.78. The second-order valence-corrected chi connectivity index (χ2v) is 6.55. The summed E-state index contributed by atoms with van der Waals surface area (Å²) >= 11 is 0. The van der Waals surface area contributed by atoms with E-state index in [0.29, 0.717) is 31.9 Å². The zero-order chi connectivity index (χ0) is 22.1. The van der Waals surface area contributed by atoms with Crippen LogP contribution in [0.15, 0.2) is 24.3 Å². The molecule has 0 spiro atoms. The fourth-order valence-corrected chi connectivity index (χ4v) is 2.75. The third-order valence-electron chi connectivity index (χ3n) is 4.34. The largest absolute Gasteiger partial charge is 0.481 e. The lowest BCUT2D eigenvalue weighted by molar-refractivity contribution is -0.136. The van der Waals surface area contributed by atoms with Gasteiger partial charge in [0.05, 0.1) is 13.0 Å². The van der Waals surface area contributed by atoms with E-state index in [1.54, 1.807) is 17.0 Å². The first-order valence-electron chi connectivity index (χ1n) is 9.28. The van der Waals surface area contributed by atoms with E-state index in [1.165, 1.54) is 17.0 Å². The number of piperazine rings is 1. The monoisotopic (exact) mass is 419 g/mol. The van der Waals surface area contributed by atoms with Gasteiger partial charge in [0.2, 0.25) is 5.91 Å². The Bertz CT molecular complexity index is 821. The number of nitrogens with one attached hydrogen (secondary N) is 4. The van der Waals surface area contributed by atoms with Crippen molar-refractivity contribution in [1.82, 2.24) is 20.4 Å². The third-order valence-corrected chi connectivity index (χ3v) is 4.34. The van der Waals surface area contributed by atoms with E-state index >= 15 is 0 Å². The van der Waals surface area contributed by atoms with Crippen LogP contribution in [0.5, 0.6) is 0 Å². The van der Waals surface area contributed by atoms with E-state index < -0.39 is 17.8 Å². The molecule has 162 valence electrons. The van der Waals surface area contributed by atoms with Gasteiger partial charge in [-0.1, -0.05) is 6.07 Å². The number of rotatable bonds is 7. The van der Waals surface area contributed by atoms with Crippen molar-refractivity contribution in [2.75, 3.05) is 44.6 Å². The van der Waals surface area contributed by atoms with Crippen LogP contribution in [-0.4, -0.2) is 83.9 Å². The van der Waals surface area contributed by atoms with Gasteiger partial charge in [0.1, 0.15) is 0 Å². The molecule has 0 radical (unpaired) electrons. The fourth-order valence-electron chi connectivity index (χ4n) is 2.75. The Hall–Kier alpha value is -3.83. The highest BCUT2D eigenvalue weighted by Crippen LogP contribution is 2.10. The second-order valence-electron chi connectivity index (χ2n) is 6.55. The number of nitrogens with zero attached hydrogens (tertiary/aromatic N) is 2. The van der Waals surface area contributed by atoms with Gasteiger partial charge in [-0.25, -0.2) is 4.79 Å². The van der Waals surface area contributed by atoms with E-state index in [4.69, 9.17) is 16.2 Å². The van der Waals surface area contributed by atoms with Crippen LogP contribution >= 0.6 is 0 Å². The molecule has 1 aliphatic heterocycles. The average molecular weight is 419 g/mol. The van der Waals surface area contributed by atoms with Crippen molar-refractivity contribution in [3.05, 3.63) is 29.8 Å². The molecule has 1 saturated heterocycles. The standard InChI is InChI=1S/C18H25N7O5/c19-17(20)24-6-8-25(9-7-24)18(30)22-11-14(26)23-13-3-1-2-12(10-13)16(29)21-5-4-15(27)28/h1-3,10H,4-9,11H2,(H3,19,20)(H,21,29)(H,22,30)(H,23,26)(H,27,28). The maximum atomic E-state index is 12.2. The number of urea groups is 1. The average Bonchev–Trinajstić information content (AvgIpc) is 2.72. The molecule has 12 nitrogen and oxygen atoms in total. The number of carbonyl (C=O) groups excluding carboxylic acids is 3. The van der Waals surface area contributed by atoms with Gasteiger partial charge in [-0.15, -0.1) is 0 Å². The van der Waals surface area contributed by atoms with Crippen LogP contribution in [0.4, 0.5) is 10.5 Å². The number of carboxylic acid groups (broad SMARTS) is 1. The number of aliphatic carboxylic acids is 1. The third kappa shape index (κ3) is 6.96. The molecule has 1 heterocycles. The maximum Gasteiger partial charge on any atom is 0.317 e. The first kappa shape index (κ1) is 22.5. The van der Waals surface area contributed by atoms with Crippen LogP contribution in [0.25, 0.3) is 0 Å². The lowest BCUT2D eigenvalue weighted by atomic mass is 10.2. The van der Waals surface area contributed by atoms with Crippen molar-refractivity contribution in [1.29, 1.82) is 5.41 Å². The van der Waals surface area contributed by atoms with Gasteiger partial charge in [0.15, 0.2) is 5.96 Å². The van der Waals surface area contributed by atoms with Gasteiger partial charge in [-0.3, -0.25) is 19.8 Å². The van der Waals surface area contributed by atoms with Crippen molar-refractivity contribution in [2.24, 2.45) is 5.73 Å². The first-order chi connectivity index (χ1) is 14.3. The summed E-state index contributed by atoms with van der Waals surface area (Å²) in [7, 11) is 0. The van der Waals surface area contributed by atoms with E-state index in [0.717, 1.165) is 0 Å². The Morgan fingerprint density at radius 2 is 1.73 bits per heavy atom. The summed E-state index contributed by atoms with van der Waals surface area (Å²) in [5.74, 6) is -1.97. The molecular formula is C18H25N7O5. The fraction of sp³-hybridized carbons (Fsp3) is 0.389. The topological polar surface area (TPSA) is 181 Å². The minimum absolute atomic E-state index is 0.00252. The molecule has 0 bridgehead atoms. The summed E-state index contributed by atoms with van der Waals surface area (Å²) in [6.07, 6.45) is -0.189. The Kier molecular flexibility index (Phi) is 7.97. The van der Waals surface area contributed by atoms with E-state index in [9.17, 15) is 19.2 Å². The quantitative estimate of drug-likeness (QED) is 0.243. The predicted octanol–water partition coefficient (Wildman–Crippen LogP) is -0.950. The summed E-state index contributed by atoms with van der Waals surface area (Å²) in [6, 6.07) is 5.77. The van der Waals surface area contributed by atoms with Gasteiger partial charge in [-0.05, 0) is 18.2 Å². The van der Waals surface area contributed by atoms with Crippen molar-refractivity contribution >= 4 is 35.5 Å². The van der Waals surface area contributed by atoms with Crippen LogP contribution in [0, 0.1) is 5.41 Å². The Labute approximate surface area is 172 Å². The molecule has 1 aromatic carbocycles. The van der Waals surface area contributed by atoms with Crippen LogP contribution < -0.4 is 21.7 Å². The molecule has 2 rings (SSSR count). The highest BCUT2D eigenvalue weighted by atomic mass is 16.4. The maximum absolute atomic E-state index is 12.2. The highest BCUT2D eigenvalue weighted by Gasteiger charge is 2.21. The molecule has 0 unspecified atom stereocenters. The lowest BCUT2D eigenvalue weighted by Crippen LogP contribution is -2.55. The van der Waals surface area contributed by atoms with Crippen molar-refractivity contribution in [3.63, 3.8) is 0 Å². The Morgan fingerprint density at radius 3 is 2.37 bits per heavy atom. The summed E-state index contributed by atoms with van der Waals surface area (Å²) in [6.45, 7) is 1.45. The molecule has 4 amide bonds. The molecule has 0 atom stereocenters. The number of hydrogen-bond acceptors (Lipinski definition) is 5. The molecule has 1 aliphatic rings. The zero-order valence-electron chi connectivity index (χ0n) is 16.3. The number of anilines is 1. The molecule has 7 N–H and O–H groups in total. The van der Waals surface area contributed by atoms with E-state index in [2.05, 4.69) is 16.0 Å². The highest BCUT2D eigenvalue weighted by molar-refractivity contribution is 5.98. The van der Waals surface area contributed by atoms with E-state index in [1.807, 2.05) is 0 Å². The number of guanidine groups is 1. The summed E-state index contributed by atoms with van der Waals surface area (Å²) < 4.78 is 0. The number of amides is 4. The molecule has 1 fully saturated rings. The molecular weight excluding hydrogens is 394 g/mol. The minimum Gasteiger partial charge on any atom is -0.481 e. The van der Waals surface area contributed by atoms with Crippen molar-refractivity contribution in [2.45, 2.75) is 6.42 Å². The number of hydrogen-bond donors (Lipinski definition) is 6. The smallest absolute Gasteiger partial charge is 0.317 e. The molecule has 0 aliphatic carbocycles. The van der Waals surface area contributed by atoms with E-state index in [-0.39, 0.29) is 37.1 Å². The number of benzene rings is 1. The SMILES string of the molecule is N=C(N)N1CCN(C(=O)NCC(=O)Nc2cccc(C(=O)NCCC(=O)O)c2)CC1. The van der Waals surface area contributed by atoms with Gasteiger partial charge in [-0.2, -0.15) is 0 Å². The normalized spacial score (nSPS) is 13.3. The first-order valence-corrected chi connectivity index (χ1v) is 9.28. The summed E-state index contributed by atoms with van der Waals surface area (Å²) in [5.41, 5.74) is 6.05. The van der Waals surface area contributed by atoms with Crippen LogP contribution in [0.3, 0.4) is 0 Å². The van der Waals surface area contributed by atoms with Crippen molar-refractivity contribution in [3.8, 4) is 0 Å². The Morgan fingerprint density at radius 1 is 1.07 bits per heavy atom. The summed E-state index contributed by atoms with van der Waals surface area (Å²) in [5, 5.41) is 23.6. The molecule has 0 aromatic heterocycles. The molecule has 0 saturated carbocycles. The predicted molar refractivity (Wildman–Crippen MR) is 108 cm³/mol. The molecule has 30 heavy (non-hydrogen) atoms. The van der Waals surface area contributed by atoms with Crippen molar-refractivity contribution < 1.29 is 24.3 Å². The molecule has 12 heteroatoms. The van der Waals surface area contributed by atoms with Gasteiger partial charge >= 0.3 is 12.0 Å². The minimum atomic E-state index is -1.01. The van der Waals surface area contributed by atoms with Crippen LogP contribution in [-0.2, 0) is 9.59 Å². The second kappa shape index (κ2) is 10.6. The lowest BCUT2D eigenvalue weighted by Gasteiger charge is -2.34. The summed E-state index contributed by atoms with van der Waals surface area (Å²) in [4.78, 5) is 50.0. The van der Waals surface area contributed by atoms with Gasteiger partial charge in [0.25, 0.3) is 5.91 Å². The van der Waals surface area contributed by atoms with Crippen LogP contribution in [0.1, 0.15) is 16.8 Å². The number of nitrogens with two attached hydrogens (primary N) is 1. The zero-order valence-corrected chi connectivity index (χ0v) is 16.3.